The van der Waals surface area contributed by atoms with E-state index in [9.17, 15) is 0 Å². The summed E-state index contributed by atoms with van der Waals surface area (Å²) < 4.78 is 2.39. The van der Waals surface area contributed by atoms with Gasteiger partial charge in [0.25, 0.3) is 0 Å². The zero-order valence-corrected chi connectivity index (χ0v) is 15.6. The second kappa shape index (κ2) is 5.92. The molecule has 0 saturated heterocycles. The van der Waals surface area contributed by atoms with Crippen molar-refractivity contribution in [1.29, 1.82) is 0 Å². The first kappa shape index (κ1) is 14.8. The molecular weight excluding hydrogens is 319 g/mol. The molecule has 0 spiro atoms. The average molecular weight is 346 g/mol. The second-order valence-corrected chi connectivity index (χ2v) is 10.8. The average Bonchev–Trinajstić information content (AvgIpc) is 3.00. The van der Waals surface area contributed by atoms with E-state index in [1.165, 1.54) is 38.5 Å². The fourth-order valence-corrected chi connectivity index (χ4v) is 9.01. The van der Waals surface area contributed by atoms with E-state index in [1.807, 2.05) is 8.85 Å². The SMILES string of the molecule is CCC[C]1([Zr][C]2=C(C)C3=C(CCCC3)C2C)C=CC=C1. The van der Waals surface area contributed by atoms with Crippen LogP contribution in [0.4, 0.5) is 0 Å². The quantitative estimate of drug-likeness (QED) is 0.591. The molecule has 0 aliphatic heterocycles. The van der Waals surface area contributed by atoms with Crippen molar-refractivity contribution in [3.8, 4) is 0 Å². The summed E-state index contributed by atoms with van der Waals surface area (Å²) in [6, 6.07) is 0. The van der Waals surface area contributed by atoms with Gasteiger partial charge in [0.15, 0.2) is 0 Å². The molecule has 0 saturated carbocycles. The summed E-state index contributed by atoms with van der Waals surface area (Å²) >= 11 is -0.571. The summed E-state index contributed by atoms with van der Waals surface area (Å²) in [5, 5.41) is 0. The summed E-state index contributed by atoms with van der Waals surface area (Å²) in [7, 11) is 0. The van der Waals surface area contributed by atoms with Gasteiger partial charge in [0, 0.05) is 0 Å². The minimum atomic E-state index is -0.571. The third-order valence-corrected chi connectivity index (χ3v) is 10.5. The predicted molar refractivity (Wildman–Crippen MR) is 83.2 cm³/mol. The maximum absolute atomic E-state index is 2.52. The van der Waals surface area contributed by atoms with Crippen molar-refractivity contribution < 1.29 is 23.2 Å². The molecule has 3 aliphatic rings. The van der Waals surface area contributed by atoms with E-state index >= 15 is 0 Å². The van der Waals surface area contributed by atoms with Gasteiger partial charge in [-0.3, -0.25) is 0 Å². The van der Waals surface area contributed by atoms with Crippen LogP contribution >= 0.6 is 0 Å². The van der Waals surface area contributed by atoms with E-state index in [1.54, 1.807) is 11.1 Å². The van der Waals surface area contributed by atoms with Crippen LogP contribution in [-0.4, -0.2) is 0 Å². The Morgan fingerprint density at radius 3 is 2.55 bits per heavy atom. The van der Waals surface area contributed by atoms with Crippen LogP contribution < -0.4 is 0 Å². The van der Waals surface area contributed by atoms with Crippen LogP contribution in [0.15, 0.2) is 44.3 Å². The number of allylic oxidation sites excluding steroid dienone is 8. The molecule has 0 aromatic heterocycles. The van der Waals surface area contributed by atoms with Gasteiger partial charge in [0.2, 0.25) is 0 Å². The Morgan fingerprint density at radius 2 is 1.90 bits per heavy atom. The predicted octanol–water partition coefficient (Wildman–Crippen LogP) is 5.95. The molecule has 0 aromatic carbocycles. The van der Waals surface area contributed by atoms with Crippen LogP contribution in [0.3, 0.4) is 0 Å². The third-order valence-electron chi connectivity index (χ3n) is 5.25. The van der Waals surface area contributed by atoms with E-state index in [4.69, 9.17) is 0 Å². The summed E-state index contributed by atoms with van der Waals surface area (Å²) in [5.41, 5.74) is 5.32. The van der Waals surface area contributed by atoms with Gasteiger partial charge >= 0.3 is 136 Å². The molecule has 0 nitrogen and oxygen atoms in total. The van der Waals surface area contributed by atoms with Gasteiger partial charge in [-0.05, 0) is 0 Å². The van der Waals surface area contributed by atoms with Crippen molar-refractivity contribution in [3.05, 3.63) is 44.3 Å². The van der Waals surface area contributed by atoms with Gasteiger partial charge in [-0.2, -0.15) is 0 Å². The summed E-state index contributed by atoms with van der Waals surface area (Å²) in [6.07, 6.45) is 17.9. The fraction of sp³-hybridized carbons (Fsp3) is 0.579. The topological polar surface area (TPSA) is 0 Å². The van der Waals surface area contributed by atoms with Crippen molar-refractivity contribution in [2.24, 2.45) is 5.92 Å². The minimum absolute atomic E-state index is 0.484. The van der Waals surface area contributed by atoms with Crippen molar-refractivity contribution in [1.82, 2.24) is 0 Å². The first-order chi connectivity index (χ1) is 9.67. The first-order valence-electron chi connectivity index (χ1n) is 8.25. The van der Waals surface area contributed by atoms with Gasteiger partial charge < -0.3 is 0 Å². The molecule has 0 heterocycles. The van der Waals surface area contributed by atoms with E-state index in [2.05, 4.69) is 45.1 Å². The molecule has 3 aliphatic carbocycles. The summed E-state index contributed by atoms with van der Waals surface area (Å²) in [4.78, 5) is 0. The Kier molecular flexibility index (Phi) is 4.37. The van der Waals surface area contributed by atoms with Crippen LogP contribution in [0, 0.1) is 5.92 Å². The van der Waals surface area contributed by atoms with E-state index in [0.29, 0.717) is 3.12 Å². The molecule has 1 heteroatoms. The molecule has 20 heavy (non-hydrogen) atoms. The van der Waals surface area contributed by atoms with E-state index in [0.717, 1.165) is 5.92 Å². The summed E-state index contributed by atoms with van der Waals surface area (Å²) in [6.45, 7) is 7.27. The molecular formula is C19H26Zr. The number of hydrogen-bond acceptors (Lipinski definition) is 0. The molecule has 0 amide bonds. The molecule has 1 atom stereocenters. The number of rotatable bonds is 4. The van der Waals surface area contributed by atoms with Crippen LogP contribution in [-0.2, 0) is 23.2 Å². The van der Waals surface area contributed by atoms with Crippen LogP contribution in [0.25, 0.3) is 0 Å². The molecule has 106 valence electrons. The Balaban J connectivity index is 1.86. The maximum atomic E-state index is 2.52. The van der Waals surface area contributed by atoms with E-state index in [-0.39, 0.29) is 0 Å². The van der Waals surface area contributed by atoms with Crippen molar-refractivity contribution in [3.63, 3.8) is 0 Å². The van der Waals surface area contributed by atoms with Crippen LogP contribution in [0.1, 0.15) is 59.3 Å². The normalized spacial score (nSPS) is 27.4. The monoisotopic (exact) mass is 344 g/mol. The number of hydrogen-bond donors (Lipinski definition) is 0. The van der Waals surface area contributed by atoms with Gasteiger partial charge in [-0.25, -0.2) is 0 Å². The molecule has 0 N–H and O–H groups in total. The van der Waals surface area contributed by atoms with Gasteiger partial charge in [-0.1, -0.05) is 0 Å². The second-order valence-electron chi connectivity index (χ2n) is 6.60. The van der Waals surface area contributed by atoms with E-state index < -0.39 is 23.2 Å². The Morgan fingerprint density at radius 1 is 1.20 bits per heavy atom. The van der Waals surface area contributed by atoms with Gasteiger partial charge in [0.1, 0.15) is 0 Å². The third kappa shape index (κ3) is 2.52. The zero-order chi connectivity index (χ0) is 14.2. The Labute approximate surface area is 135 Å². The molecule has 0 bridgehead atoms. The standard InChI is InChI=1S/C11H15.C8H11.Zr/c1-8-7-9(2)11-6-4-3-5-10(8)11;1-2-5-8-6-3-4-7-8;/h8H,3-6H2,1-2H3;3-4,6-7H,2,5H2,1H3;. The first-order valence-corrected chi connectivity index (χ1v) is 10.7. The Bertz CT molecular complexity index is 504. The zero-order valence-electron chi connectivity index (χ0n) is 13.1. The Hall–Kier alpha value is -0.157. The molecule has 3 rings (SSSR count). The van der Waals surface area contributed by atoms with Gasteiger partial charge in [-0.15, -0.1) is 0 Å². The van der Waals surface area contributed by atoms with Crippen molar-refractivity contribution in [2.75, 3.05) is 0 Å². The van der Waals surface area contributed by atoms with Gasteiger partial charge in [0.05, 0.1) is 0 Å². The van der Waals surface area contributed by atoms with Crippen molar-refractivity contribution in [2.45, 2.75) is 62.4 Å². The summed E-state index contributed by atoms with van der Waals surface area (Å²) in [5.74, 6) is 0.785. The van der Waals surface area contributed by atoms with Crippen LogP contribution in [0.2, 0.25) is 3.12 Å². The molecule has 0 aromatic rings. The molecule has 0 radical (unpaired) electrons. The molecule has 0 fully saturated rings. The fourth-order valence-electron chi connectivity index (χ4n) is 4.19. The molecule has 1 unspecified atom stereocenters. The van der Waals surface area contributed by atoms with Crippen molar-refractivity contribution >= 4 is 0 Å². The van der Waals surface area contributed by atoms with Crippen LogP contribution in [0.5, 0.6) is 0 Å².